The van der Waals surface area contributed by atoms with Gasteiger partial charge < -0.3 is 0 Å². The Labute approximate surface area is 98.6 Å². The largest absolute Gasteiger partial charge is 0.271 e. The van der Waals surface area contributed by atoms with E-state index in [1.165, 1.54) is 11.8 Å². The zero-order chi connectivity index (χ0) is 12.0. The first kappa shape index (κ1) is 12.1. The number of aryl methyl sites for hydroxylation is 1. The second-order valence-electron chi connectivity index (χ2n) is 3.03. The van der Waals surface area contributed by atoms with Gasteiger partial charge in [0.15, 0.2) is 11.4 Å². The number of amidine groups is 1. The zero-order valence-electron chi connectivity index (χ0n) is 8.98. The van der Waals surface area contributed by atoms with Gasteiger partial charge in [0.2, 0.25) is 0 Å². The lowest BCUT2D eigenvalue weighted by atomic mass is 10.1. The van der Waals surface area contributed by atoms with Crippen molar-refractivity contribution in [2.45, 2.75) is 6.92 Å². The van der Waals surface area contributed by atoms with Crippen molar-refractivity contribution >= 4 is 22.6 Å². The Hall–Kier alpha value is -1.98. The molecule has 0 unspecified atom stereocenters. The first-order valence-corrected chi connectivity index (χ1v) is 5.71. The third-order valence-corrected chi connectivity index (χ3v) is 2.36. The van der Waals surface area contributed by atoms with Crippen LogP contribution in [0.15, 0.2) is 23.2 Å². The molecular formula is C11H10N4S. The summed E-state index contributed by atoms with van der Waals surface area (Å²) in [5.41, 5.74) is 2.20. The predicted molar refractivity (Wildman–Crippen MR) is 65.3 cm³/mol. The van der Waals surface area contributed by atoms with E-state index in [4.69, 9.17) is 10.5 Å². The normalized spacial score (nSPS) is 10.4. The molecule has 0 heterocycles. The van der Waals surface area contributed by atoms with E-state index in [1.54, 1.807) is 12.1 Å². The zero-order valence-corrected chi connectivity index (χ0v) is 9.80. The Morgan fingerprint density at radius 3 is 2.69 bits per heavy atom. The summed E-state index contributed by atoms with van der Waals surface area (Å²) >= 11 is 1.34. The molecule has 0 aliphatic heterocycles. The fourth-order valence-electron chi connectivity index (χ4n) is 1.18. The van der Waals surface area contributed by atoms with Crippen molar-refractivity contribution in [2.75, 3.05) is 6.26 Å². The topological polar surface area (TPSA) is 72.0 Å². The summed E-state index contributed by atoms with van der Waals surface area (Å²) in [4.78, 5) is 4.23. The molecule has 0 bridgehead atoms. The minimum absolute atomic E-state index is 0.511. The second kappa shape index (κ2) is 5.79. The standard InChI is InChI=1S/C11H10N4S/c1-8-3-9(6-12)5-10(4-8)15-11(16-2)14-7-13/h3-5H,1-2H3,(H,14,15). The fraction of sp³-hybridized carbons (Fsp3) is 0.182. The average Bonchev–Trinajstić information content (AvgIpc) is 2.27. The molecular weight excluding hydrogens is 220 g/mol. The molecule has 0 spiro atoms. The van der Waals surface area contributed by atoms with Crippen molar-refractivity contribution in [3.8, 4) is 12.3 Å². The van der Waals surface area contributed by atoms with Gasteiger partial charge in [-0.25, -0.2) is 4.99 Å². The predicted octanol–water partition coefficient (Wildman–Crippen LogP) is 2.29. The number of rotatable bonds is 1. The summed E-state index contributed by atoms with van der Waals surface area (Å²) in [6.45, 7) is 1.90. The highest BCUT2D eigenvalue weighted by Gasteiger charge is 1.99. The maximum absolute atomic E-state index is 8.81. The van der Waals surface area contributed by atoms with E-state index in [2.05, 4.69) is 16.4 Å². The Bertz CT molecular complexity index is 494. The number of nitrogens with zero attached hydrogens (tertiary/aromatic N) is 3. The van der Waals surface area contributed by atoms with Crippen LogP contribution in [0.1, 0.15) is 11.1 Å². The van der Waals surface area contributed by atoms with Crippen LogP contribution in [0.3, 0.4) is 0 Å². The van der Waals surface area contributed by atoms with Gasteiger partial charge in [-0.15, -0.1) is 0 Å². The average molecular weight is 230 g/mol. The van der Waals surface area contributed by atoms with E-state index < -0.39 is 0 Å². The van der Waals surface area contributed by atoms with Gasteiger partial charge in [-0.2, -0.15) is 10.5 Å². The highest BCUT2D eigenvalue weighted by Crippen LogP contribution is 2.18. The molecule has 4 nitrogen and oxygen atoms in total. The first-order chi connectivity index (χ1) is 7.69. The van der Waals surface area contributed by atoms with E-state index >= 15 is 0 Å². The molecule has 0 aliphatic rings. The lowest BCUT2D eigenvalue weighted by molar-refractivity contribution is 1.27. The van der Waals surface area contributed by atoms with Crippen LogP contribution >= 0.6 is 11.8 Å². The van der Waals surface area contributed by atoms with E-state index in [-0.39, 0.29) is 0 Å². The van der Waals surface area contributed by atoms with E-state index in [0.717, 1.165) is 5.56 Å². The summed E-state index contributed by atoms with van der Waals surface area (Å²) in [6, 6.07) is 7.40. The fourth-order valence-corrected chi connectivity index (χ4v) is 1.53. The SMILES string of the molecule is CSC(=Nc1cc(C)cc(C#N)c1)NC#N. The van der Waals surface area contributed by atoms with Crippen molar-refractivity contribution in [3.05, 3.63) is 29.3 Å². The summed E-state index contributed by atoms with van der Waals surface area (Å²) in [5.74, 6) is 0. The summed E-state index contributed by atoms with van der Waals surface area (Å²) < 4.78 is 0. The van der Waals surface area contributed by atoms with Gasteiger partial charge in [-0.3, -0.25) is 5.32 Å². The number of nitriles is 2. The number of hydrogen-bond donors (Lipinski definition) is 1. The van der Waals surface area contributed by atoms with Crippen molar-refractivity contribution in [2.24, 2.45) is 4.99 Å². The van der Waals surface area contributed by atoms with E-state index in [0.29, 0.717) is 16.4 Å². The summed E-state index contributed by atoms with van der Waals surface area (Å²) in [5, 5.41) is 20.3. The van der Waals surface area contributed by atoms with E-state index in [9.17, 15) is 0 Å². The van der Waals surface area contributed by atoms with Crippen LogP contribution in [0.25, 0.3) is 0 Å². The minimum Gasteiger partial charge on any atom is -0.271 e. The third kappa shape index (κ3) is 3.30. The van der Waals surface area contributed by atoms with Gasteiger partial charge in [0.25, 0.3) is 0 Å². The summed E-state index contributed by atoms with van der Waals surface area (Å²) in [7, 11) is 0. The van der Waals surface area contributed by atoms with Gasteiger partial charge in [0.1, 0.15) is 0 Å². The van der Waals surface area contributed by atoms with Gasteiger partial charge >= 0.3 is 0 Å². The molecule has 0 radical (unpaired) electrons. The molecule has 16 heavy (non-hydrogen) atoms. The maximum Gasteiger partial charge on any atom is 0.183 e. The number of nitrogens with one attached hydrogen (secondary N) is 1. The molecule has 0 atom stereocenters. The Balaban J connectivity index is 3.10. The molecule has 0 saturated carbocycles. The molecule has 0 saturated heterocycles. The van der Waals surface area contributed by atoms with Crippen molar-refractivity contribution < 1.29 is 0 Å². The van der Waals surface area contributed by atoms with Crippen LogP contribution in [0, 0.1) is 29.7 Å². The van der Waals surface area contributed by atoms with Gasteiger partial charge in [-0.1, -0.05) is 11.8 Å². The number of benzene rings is 1. The van der Waals surface area contributed by atoms with Crippen LogP contribution in [0.4, 0.5) is 5.69 Å². The maximum atomic E-state index is 8.81. The molecule has 5 heteroatoms. The lowest BCUT2D eigenvalue weighted by Gasteiger charge is -2.01. The van der Waals surface area contributed by atoms with Crippen molar-refractivity contribution in [3.63, 3.8) is 0 Å². The second-order valence-corrected chi connectivity index (χ2v) is 3.82. The van der Waals surface area contributed by atoms with Gasteiger partial charge in [0, 0.05) is 0 Å². The monoisotopic (exact) mass is 230 g/mol. The molecule has 0 fully saturated rings. The van der Waals surface area contributed by atoms with Crippen molar-refractivity contribution in [1.29, 1.82) is 10.5 Å². The Morgan fingerprint density at radius 1 is 1.38 bits per heavy atom. The first-order valence-electron chi connectivity index (χ1n) is 4.49. The molecule has 0 aromatic heterocycles. The van der Waals surface area contributed by atoms with Crippen LogP contribution in [-0.2, 0) is 0 Å². The smallest absolute Gasteiger partial charge is 0.183 e. The highest BCUT2D eigenvalue weighted by molar-refractivity contribution is 8.13. The Morgan fingerprint density at radius 2 is 2.12 bits per heavy atom. The number of hydrogen-bond acceptors (Lipinski definition) is 4. The Kier molecular flexibility index (Phi) is 4.38. The lowest BCUT2D eigenvalue weighted by Crippen LogP contribution is -2.12. The van der Waals surface area contributed by atoms with Gasteiger partial charge in [0.05, 0.1) is 17.3 Å². The molecule has 1 N–H and O–H groups in total. The summed E-state index contributed by atoms with van der Waals surface area (Å²) in [6.07, 6.45) is 3.64. The number of aliphatic imine (C=N–C) groups is 1. The van der Waals surface area contributed by atoms with Crippen LogP contribution in [-0.4, -0.2) is 11.4 Å². The molecule has 1 aromatic carbocycles. The number of thioether (sulfide) groups is 1. The highest BCUT2D eigenvalue weighted by atomic mass is 32.2. The van der Waals surface area contributed by atoms with Crippen LogP contribution in [0.5, 0.6) is 0 Å². The minimum atomic E-state index is 0.511. The molecule has 80 valence electrons. The molecule has 0 aliphatic carbocycles. The van der Waals surface area contributed by atoms with Crippen molar-refractivity contribution in [1.82, 2.24) is 5.32 Å². The molecule has 1 rings (SSSR count). The molecule has 0 amide bonds. The third-order valence-electron chi connectivity index (χ3n) is 1.78. The van der Waals surface area contributed by atoms with Crippen LogP contribution in [0.2, 0.25) is 0 Å². The van der Waals surface area contributed by atoms with Gasteiger partial charge in [-0.05, 0) is 36.9 Å². The van der Waals surface area contributed by atoms with Crippen LogP contribution < -0.4 is 5.32 Å². The van der Waals surface area contributed by atoms with E-state index in [1.807, 2.05) is 25.4 Å². The quantitative estimate of drug-likeness (QED) is 0.348. The molecule has 1 aromatic rings.